The Bertz CT molecular complexity index is 1130. The Morgan fingerprint density at radius 3 is 2.45 bits per heavy atom. The molecule has 2 saturated heterocycles. The third kappa shape index (κ3) is 7.15. The molecule has 0 radical (unpaired) electrons. The van der Waals surface area contributed by atoms with Gasteiger partial charge in [-0.25, -0.2) is 9.52 Å². The van der Waals surface area contributed by atoms with Crippen molar-refractivity contribution >= 4 is 34.0 Å². The maximum absolute atomic E-state index is 13.7. The number of carbonyl (C=O) groups is 4. The highest BCUT2D eigenvalue weighted by molar-refractivity contribution is 7.87. The summed E-state index contributed by atoms with van der Waals surface area (Å²) in [6.45, 7) is 6.27. The molecule has 12 nitrogen and oxygen atoms in total. The van der Waals surface area contributed by atoms with Gasteiger partial charge in [-0.15, -0.1) is 0 Å². The second kappa shape index (κ2) is 12.1. The molecule has 0 aromatic carbocycles. The van der Waals surface area contributed by atoms with Gasteiger partial charge in [0.05, 0.1) is 0 Å². The molecule has 1 saturated carbocycles. The monoisotopic (exact) mass is 581 g/mol. The third-order valence-electron chi connectivity index (χ3n) is 7.95. The van der Waals surface area contributed by atoms with Gasteiger partial charge in [-0.1, -0.05) is 25.0 Å². The van der Waals surface area contributed by atoms with Gasteiger partial charge in [-0.05, 0) is 72.1 Å². The number of allylic oxidation sites excluding steroid dienone is 1. The molecular weight excluding hydrogens is 538 g/mol. The van der Waals surface area contributed by atoms with Crippen molar-refractivity contribution < 1.29 is 32.3 Å². The number of ether oxygens (including phenoxy) is 1. The summed E-state index contributed by atoms with van der Waals surface area (Å²) in [5, 5.41) is 5.54. The smallest absolute Gasteiger partial charge is 0.408 e. The van der Waals surface area contributed by atoms with Crippen LogP contribution in [0.15, 0.2) is 12.2 Å². The van der Waals surface area contributed by atoms with Crippen LogP contribution in [0.3, 0.4) is 0 Å². The van der Waals surface area contributed by atoms with Crippen molar-refractivity contribution in [2.24, 2.45) is 5.92 Å². The maximum atomic E-state index is 13.7. The maximum Gasteiger partial charge on any atom is 0.408 e. The van der Waals surface area contributed by atoms with E-state index < -0.39 is 51.3 Å². The minimum Gasteiger partial charge on any atom is -0.444 e. The van der Waals surface area contributed by atoms with Crippen LogP contribution in [0.1, 0.15) is 85.0 Å². The lowest BCUT2D eigenvalue weighted by molar-refractivity contribution is -0.141. The van der Waals surface area contributed by atoms with Gasteiger partial charge in [-0.2, -0.15) is 12.7 Å². The molecule has 13 heteroatoms. The Labute approximate surface area is 236 Å². The van der Waals surface area contributed by atoms with Crippen LogP contribution in [0, 0.1) is 5.92 Å². The molecule has 0 unspecified atom stereocenters. The van der Waals surface area contributed by atoms with Gasteiger partial charge >= 0.3 is 16.3 Å². The summed E-state index contributed by atoms with van der Waals surface area (Å²) in [5.41, 5.74) is -2.13. The summed E-state index contributed by atoms with van der Waals surface area (Å²) < 4.78 is 34.5. The minimum absolute atomic E-state index is 0.278. The largest absolute Gasteiger partial charge is 0.444 e. The molecular formula is C27H43N5O7S. The lowest BCUT2D eigenvalue weighted by Crippen LogP contribution is -2.59. The van der Waals surface area contributed by atoms with Crippen molar-refractivity contribution in [3.63, 3.8) is 0 Å². The Morgan fingerprint density at radius 1 is 1.02 bits per heavy atom. The Balaban J connectivity index is 1.54. The van der Waals surface area contributed by atoms with Crippen LogP contribution < -0.4 is 15.4 Å². The number of nitrogens with one attached hydrogen (secondary N) is 3. The molecule has 4 aliphatic rings. The molecule has 1 aliphatic carbocycles. The highest BCUT2D eigenvalue weighted by atomic mass is 32.2. The molecule has 4 rings (SSSR count). The molecule has 0 bridgehead atoms. The Kier molecular flexibility index (Phi) is 9.13. The minimum atomic E-state index is -4.02. The summed E-state index contributed by atoms with van der Waals surface area (Å²) in [6, 6.07) is -1.67. The number of carbonyl (C=O) groups excluding carboxylic acids is 4. The topological polar surface area (TPSA) is 154 Å². The van der Waals surface area contributed by atoms with Crippen molar-refractivity contribution in [2.45, 2.75) is 108 Å². The molecule has 4 atom stereocenters. The molecule has 3 heterocycles. The van der Waals surface area contributed by atoms with E-state index in [1.54, 1.807) is 20.8 Å². The summed E-state index contributed by atoms with van der Waals surface area (Å²) >= 11 is 0. The number of hydrogen-bond donors (Lipinski definition) is 3. The van der Waals surface area contributed by atoms with E-state index in [-0.39, 0.29) is 18.2 Å². The Hall–Kier alpha value is -2.67. The molecule has 224 valence electrons. The molecule has 3 fully saturated rings. The van der Waals surface area contributed by atoms with E-state index in [9.17, 15) is 27.6 Å². The standard InChI is InChI=1S/C27H43N5O7S/c1-26(2,3)39-25(36)28-20-13-8-6-4-5-7-12-19-18-27(19,24(35)30-40(37,38)31-15-9-10-16-31)29-22(33)21-14-11-17-32(21)23(20)34/h7,12,19-21H,4-6,8-11,13-18H2,1-3H3,(H,28,36)(H,29,33)(H,30,35)/b12-7-/t19-,20-,21-,27+/m0/s1. The fourth-order valence-corrected chi connectivity index (χ4v) is 7.03. The lowest BCUT2D eigenvalue weighted by atomic mass is 10.0. The van der Waals surface area contributed by atoms with Gasteiger partial charge in [0.25, 0.3) is 5.91 Å². The molecule has 3 N–H and O–H groups in total. The number of alkyl carbamates (subject to hydrolysis) is 1. The van der Waals surface area contributed by atoms with Gasteiger partial charge < -0.3 is 20.3 Å². The fourth-order valence-electron chi connectivity index (χ4n) is 5.74. The number of hydrogen-bond acceptors (Lipinski definition) is 7. The predicted molar refractivity (Wildman–Crippen MR) is 147 cm³/mol. The number of nitrogens with zero attached hydrogens (tertiary/aromatic N) is 2. The van der Waals surface area contributed by atoms with Gasteiger partial charge in [-0.3, -0.25) is 14.4 Å². The lowest BCUT2D eigenvalue weighted by Gasteiger charge is -2.30. The van der Waals surface area contributed by atoms with Crippen LogP contribution in [-0.2, 0) is 29.3 Å². The van der Waals surface area contributed by atoms with Gasteiger partial charge in [0.1, 0.15) is 23.2 Å². The zero-order valence-corrected chi connectivity index (χ0v) is 24.6. The van der Waals surface area contributed by atoms with E-state index in [0.29, 0.717) is 45.3 Å². The fraction of sp³-hybridized carbons (Fsp3) is 0.778. The Morgan fingerprint density at radius 2 is 1.75 bits per heavy atom. The van der Waals surface area contributed by atoms with Crippen LogP contribution in [0.2, 0.25) is 0 Å². The molecule has 40 heavy (non-hydrogen) atoms. The quantitative estimate of drug-likeness (QED) is 0.427. The van der Waals surface area contributed by atoms with E-state index in [1.807, 2.05) is 12.2 Å². The zero-order chi connectivity index (χ0) is 29.1. The highest BCUT2D eigenvalue weighted by Gasteiger charge is 2.61. The second-order valence-electron chi connectivity index (χ2n) is 12.3. The third-order valence-corrected chi connectivity index (χ3v) is 9.44. The first-order chi connectivity index (χ1) is 18.8. The summed E-state index contributed by atoms with van der Waals surface area (Å²) in [4.78, 5) is 54.6. The van der Waals surface area contributed by atoms with Crippen molar-refractivity contribution in [1.82, 2.24) is 24.6 Å². The second-order valence-corrected chi connectivity index (χ2v) is 13.9. The number of amides is 4. The van der Waals surface area contributed by atoms with E-state index in [2.05, 4.69) is 15.4 Å². The molecule has 0 aromatic rings. The van der Waals surface area contributed by atoms with Crippen LogP contribution in [-0.4, -0.2) is 84.3 Å². The summed E-state index contributed by atoms with van der Waals surface area (Å²) in [7, 11) is -4.02. The molecule has 4 amide bonds. The zero-order valence-electron chi connectivity index (χ0n) is 23.7. The van der Waals surface area contributed by atoms with E-state index in [4.69, 9.17) is 4.74 Å². The van der Waals surface area contributed by atoms with Crippen molar-refractivity contribution in [3.05, 3.63) is 12.2 Å². The summed E-state index contributed by atoms with van der Waals surface area (Å²) in [5.74, 6) is -1.96. The first-order valence-corrected chi connectivity index (χ1v) is 15.9. The predicted octanol–water partition coefficient (Wildman–Crippen LogP) is 1.72. The van der Waals surface area contributed by atoms with Crippen molar-refractivity contribution in [3.8, 4) is 0 Å². The van der Waals surface area contributed by atoms with Crippen LogP contribution in [0.4, 0.5) is 4.79 Å². The van der Waals surface area contributed by atoms with Crippen molar-refractivity contribution in [1.29, 1.82) is 0 Å². The van der Waals surface area contributed by atoms with E-state index >= 15 is 0 Å². The molecule has 3 aliphatic heterocycles. The molecule has 0 aromatic heterocycles. The summed E-state index contributed by atoms with van der Waals surface area (Å²) in [6.07, 6.45) is 9.42. The number of fused-ring (bicyclic) bond motifs is 2. The first-order valence-electron chi connectivity index (χ1n) is 14.4. The number of rotatable bonds is 4. The van der Waals surface area contributed by atoms with Crippen LogP contribution in [0.25, 0.3) is 0 Å². The van der Waals surface area contributed by atoms with Gasteiger partial charge in [0, 0.05) is 25.6 Å². The van der Waals surface area contributed by atoms with Crippen LogP contribution in [0.5, 0.6) is 0 Å². The highest BCUT2D eigenvalue weighted by Crippen LogP contribution is 2.45. The average molecular weight is 582 g/mol. The van der Waals surface area contributed by atoms with Crippen molar-refractivity contribution in [2.75, 3.05) is 19.6 Å². The van der Waals surface area contributed by atoms with E-state index in [0.717, 1.165) is 32.1 Å². The van der Waals surface area contributed by atoms with Crippen LogP contribution >= 0.6 is 0 Å². The normalized spacial score (nSPS) is 31.2. The average Bonchev–Trinajstić information content (AvgIpc) is 3.25. The van der Waals surface area contributed by atoms with E-state index in [1.165, 1.54) is 9.21 Å². The first kappa shape index (κ1) is 30.3. The molecule has 0 spiro atoms. The van der Waals surface area contributed by atoms with Gasteiger partial charge in [0.2, 0.25) is 11.8 Å². The SMILES string of the molecule is CC(C)(C)OC(=O)N[C@H]1CCCCC/C=C\[C@H]2C[C@@]2(C(=O)NS(=O)(=O)N2CCCC2)NC(=O)[C@@H]2CCCN2C1=O. The van der Waals surface area contributed by atoms with Gasteiger partial charge in [0.15, 0.2) is 0 Å².